The molecule has 1 aliphatic heterocycles. The van der Waals surface area contributed by atoms with Crippen LogP contribution in [0.2, 0.25) is 0 Å². The number of hydrogen-bond acceptors (Lipinski definition) is 4. The van der Waals surface area contributed by atoms with Gasteiger partial charge in [-0.3, -0.25) is 4.79 Å². The van der Waals surface area contributed by atoms with Crippen LogP contribution in [0, 0.1) is 0 Å². The summed E-state index contributed by atoms with van der Waals surface area (Å²) in [6, 6.07) is 7.32. The van der Waals surface area contributed by atoms with Crippen LogP contribution in [-0.2, 0) is 0 Å². The number of hydrogen-bond donors (Lipinski definition) is 0. The molecule has 2 fully saturated rings. The minimum absolute atomic E-state index is 0. The summed E-state index contributed by atoms with van der Waals surface area (Å²) in [6.07, 6.45) is 12.5. The van der Waals surface area contributed by atoms with E-state index in [9.17, 15) is 4.79 Å². The Morgan fingerprint density at radius 2 is 1.76 bits per heavy atom. The van der Waals surface area contributed by atoms with Gasteiger partial charge in [0.15, 0.2) is 5.43 Å². The normalized spacial score (nSPS) is 17.7. The first kappa shape index (κ1) is 22.2. The number of piperidine rings is 1. The van der Waals surface area contributed by atoms with Crippen LogP contribution < -0.4 is 10.2 Å². The topological polar surface area (TPSA) is 42.7 Å². The van der Waals surface area contributed by atoms with Crippen LogP contribution in [-0.4, -0.2) is 31.1 Å². The molecule has 1 saturated carbocycles. The summed E-state index contributed by atoms with van der Waals surface area (Å²) in [5.74, 6) is 2.05. The Kier molecular flexibility index (Phi) is 8.43. The molecule has 0 unspecified atom stereocenters. The van der Waals surface area contributed by atoms with Crippen molar-refractivity contribution in [1.29, 1.82) is 0 Å². The summed E-state index contributed by atoms with van der Waals surface area (Å²) in [4.78, 5) is 15.1. The van der Waals surface area contributed by atoms with E-state index in [-0.39, 0.29) is 17.8 Å². The van der Waals surface area contributed by atoms with Gasteiger partial charge in [0.2, 0.25) is 0 Å². The van der Waals surface area contributed by atoms with Crippen LogP contribution in [0.3, 0.4) is 0 Å². The van der Waals surface area contributed by atoms with Crippen molar-refractivity contribution in [1.82, 2.24) is 4.90 Å². The number of unbranched alkanes of at least 4 members (excludes halogenated alkanes) is 3. The van der Waals surface area contributed by atoms with E-state index in [4.69, 9.17) is 9.15 Å². The molecule has 1 aliphatic carbocycles. The van der Waals surface area contributed by atoms with E-state index in [1.54, 1.807) is 6.07 Å². The summed E-state index contributed by atoms with van der Waals surface area (Å²) < 4.78 is 11.8. The molecule has 4 rings (SSSR count). The second kappa shape index (κ2) is 11.0. The van der Waals surface area contributed by atoms with Crippen molar-refractivity contribution in [3.8, 4) is 5.75 Å². The number of halogens is 1. The zero-order valence-corrected chi connectivity index (χ0v) is 18.2. The van der Waals surface area contributed by atoms with Crippen LogP contribution in [0.5, 0.6) is 5.75 Å². The van der Waals surface area contributed by atoms with Gasteiger partial charge in [0.05, 0.1) is 12.0 Å². The Hall–Kier alpha value is -1.52. The predicted octanol–water partition coefficient (Wildman–Crippen LogP) is 5.91. The van der Waals surface area contributed by atoms with Crippen LogP contribution in [0.1, 0.15) is 75.9 Å². The van der Waals surface area contributed by atoms with E-state index < -0.39 is 0 Å². The largest absolute Gasteiger partial charge is 0.494 e. The predicted molar refractivity (Wildman–Crippen MR) is 121 cm³/mol. The minimum Gasteiger partial charge on any atom is -0.494 e. The number of ether oxygens (including phenoxy) is 1. The van der Waals surface area contributed by atoms with E-state index >= 15 is 0 Å². The van der Waals surface area contributed by atoms with E-state index in [0.29, 0.717) is 23.5 Å². The molecular weight excluding hydrogens is 386 g/mol. The van der Waals surface area contributed by atoms with Gasteiger partial charge < -0.3 is 14.1 Å². The first-order chi connectivity index (χ1) is 13.8. The summed E-state index contributed by atoms with van der Waals surface area (Å²) in [5.41, 5.74) is 0.728. The molecular formula is C24H34ClNO3. The number of nitrogens with zero attached hydrogens (tertiary/aromatic N) is 1. The lowest BCUT2D eigenvalue weighted by molar-refractivity contribution is 0.223. The van der Waals surface area contributed by atoms with Gasteiger partial charge in [0.25, 0.3) is 0 Å². The molecule has 0 amide bonds. The van der Waals surface area contributed by atoms with E-state index in [2.05, 4.69) is 4.90 Å². The molecule has 0 radical (unpaired) electrons. The fourth-order valence-corrected chi connectivity index (χ4v) is 4.30. The van der Waals surface area contributed by atoms with E-state index in [1.165, 1.54) is 64.6 Å². The molecule has 0 atom stereocenters. The second-order valence-electron chi connectivity index (χ2n) is 8.46. The zero-order valence-electron chi connectivity index (χ0n) is 17.4. The molecule has 4 nitrogen and oxygen atoms in total. The number of fused-ring (bicyclic) bond motifs is 1. The average molecular weight is 420 g/mol. The molecule has 1 aromatic carbocycles. The summed E-state index contributed by atoms with van der Waals surface area (Å²) in [6.45, 7) is 4.55. The lowest BCUT2D eigenvalue weighted by atomic mass is 9.83. The molecule has 0 bridgehead atoms. The lowest BCUT2D eigenvalue weighted by Gasteiger charge is -2.26. The maximum absolute atomic E-state index is 12.5. The maximum Gasteiger partial charge on any atom is 0.193 e. The monoisotopic (exact) mass is 419 g/mol. The van der Waals surface area contributed by atoms with Crippen molar-refractivity contribution in [2.75, 3.05) is 26.2 Å². The molecule has 0 N–H and O–H groups in total. The molecule has 2 aliphatic rings. The van der Waals surface area contributed by atoms with Crippen molar-refractivity contribution in [2.24, 2.45) is 0 Å². The fourth-order valence-electron chi connectivity index (χ4n) is 4.30. The van der Waals surface area contributed by atoms with Crippen LogP contribution in [0.15, 0.2) is 33.5 Å². The summed E-state index contributed by atoms with van der Waals surface area (Å²) in [5, 5.41) is 0.627. The first-order valence-electron chi connectivity index (χ1n) is 11.2. The van der Waals surface area contributed by atoms with Gasteiger partial charge in [-0.2, -0.15) is 0 Å². The highest BCUT2D eigenvalue weighted by molar-refractivity contribution is 5.85. The van der Waals surface area contributed by atoms with Gasteiger partial charge in [-0.1, -0.05) is 25.7 Å². The van der Waals surface area contributed by atoms with Crippen molar-refractivity contribution >= 4 is 23.4 Å². The Morgan fingerprint density at radius 3 is 2.52 bits per heavy atom. The smallest absolute Gasteiger partial charge is 0.193 e. The highest BCUT2D eigenvalue weighted by Crippen LogP contribution is 2.36. The highest BCUT2D eigenvalue weighted by atomic mass is 35.5. The summed E-state index contributed by atoms with van der Waals surface area (Å²) in [7, 11) is 0. The fraction of sp³-hybridized carbons (Fsp3) is 0.625. The van der Waals surface area contributed by atoms with Crippen LogP contribution in [0.4, 0.5) is 0 Å². The first-order valence-corrected chi connectivity index (χ1v) is 11.2. The third-order valence-corrected chi connectivity index (χ3v) is 6.31. The standard InChI is InChI=1S/C24H33NO3.ClH/c26-22-18-24(19-9-8-10-19)28-23-12-11-20(17-21(22)23)27-16-7-2-1-4-13-25-14-5-3-6-15-25;/h11-12,17-19H,1-10,13-16H2;1H. The van der Waals surface area contributed by atoms with Crippen LogP contribution >= 0.6 is 12.4 Å². The van der Waals surface area contributed by atoms with Crippen molar-refractivity contribution < 1.29 is 9.15 Å². The molecule has 2 aromatic rings. The van der Waals surface area contributed by atoms with Gasteiger partial charge in [-0.25, -0.2) is 0 Å². The number of rotatable bonds is 9. The second-order valence-corrected chi connectivity index (χ2v) is 8.46. The zero-order chi connectivity index (χ0) is 19.2. The SMILES string of the molecule is Cl.O=c1cc(C2CCC2)oc2ccc(OCCCCCCN3CCCCC3)cc12. The Balaban J connectivity index is 0.00000240. The Labute approximate surface area is 180 Å². The number of likely N-dealkylation sites (tertiary alicyclic amines) is 1. The molecule has 29 heavy (non-hydrogen) atoms. The van der Waals surface area contributed by atoms with Gasteiger partial charge in [-0.05, 0) is 76.4 Å². The quantitative estimate of drug-likeness (QED) is 0.474. The van der Waals surface area contributed by atoms with Gasteiger partial charge >= 0.3 is 0 Å². The lowest BCUT2D eigenvalue weighted by Crippen LogP contribution is -2.30. The van der Waals surface area contributed by atoms with Crippen molar-refractivity contribution in [3.63, 3.8) is 0 Å². The third-order valence-electron chi connectivity index (χ3n) is 6.31. The van der Waals surface area contributed by atoms with Gasteiger partial charge in [0, 0.05) is 12.0 Å². The molecule has 5 heteroatoms. The molecule has 0 spiro atoms. The highest BCUT2D eigenvalue weighted by Gasteiger charge is 2.23. The third kappa shape index (κ3) is 5.99. The van der Waals surface area contributed by atoms with E-state index in [0.717, 1.165) is 30.8 Å². The number of benzene rings is 1. The van der Waals surface area contributed by atoms with Crippen molar-refractivity contribution in [2.45, 2.75) is 70.1 Å². The molecule has 2 heterocycles. The molecule has 1 aromatic heterocycles. The molecule has 1 saturated heterocycles. The molecule has 160 valence electrons. The van der Waals surface area contributed by atoms with Crippen molar-refractivity contribution in [3.05, 3.63) is 40.2 Å². The van der Waals surface area contributed by atoms with Gasteiger partial charge in [-0.15, -0.1) is 12.4 Å². The summed E-state index contributed by atoms with van der Waals surface area (Å²) >= 11 is 0. The van der Waals surface area contributed by atoms with Crippen LogP contribution in [0.25, 0.3) is 11.0 Å². The van der Waals surface area contributed by atoms with E-state index in [1.807, 2.05) is 18.2 Å². The Bertz CT molecular complexity index is 824. The average Bonchev–Trinajstić information content (AvgIpc) is 2.67. The maximum atomic E-state index is 12.5. The minimum atomic E-state index is 0. The van der Waals surface area contributed by atoms with Gasteiger partial charge in [0.1, 0.15) is 17.1 Å². The Morgan fingerprint density at radius 1 is 0.966 bits per heavy atom.